The maximum absolute atomic E-state index is 6.12. The summed E-state index contributed by atoms with van der Waals surface area (Å²) >= 11 is 0. The number of halogens is 1. The molecule has 2 aromatic rings. The first-order chi connectivity index (χ1) is 11.8. The van der Waals surface area contributed by atoms with Crippen molar-refractivity contribution in [3.8, 4) is 17.2 Å². The van der Waals surface area contributed by atoms with Gasteiger partial charge in [-0.1, -0.05) is 30.3 Å². The Morgan fingerprint density at radius 3 is 2.32 bits per heavy atom. The van der Waals surface area contributed by atoms with E-state index in [2.05, 4.69) is 22.8 Å². The fourth-order valence-electron chi connectivity index (χ4n) is 2.88. The number of hydrogen-bond donors (Lipinski definition) is 2. The molecule has 1 heterocycles. The van der Waals surface area contributed by atoms with Crippen molar-refractivity contribution < 1.29 is 14.2 Å². The van der Waals surface area contributed by atoms with Crippen LogP contribution in [-0.4, -0.2) is 33.9 Å². The predicted octanol–water partition coefficient (Wildman–Crippen LogP) is 2.94. The van der Waals surface area contributed by atoms with Crippen LogP contribution in [0.4, 0.5) is 0 Å². The van der Waals surface area contributed by atoms with Gasteiger partial charge in [0.15, 0.2) is 11.5 Å². The number of nitrogens with one attached hydrogen (secondary N) is 2. The maximum atomic E-state index is 6.12. The van der Waals surface area contributed by atoms with Crippen molar-refractivity contribution in [3.05, 3.63) is 53.6 Å². The molecule has 0 amide bonds. The molecule has 5 nitrogen and oxygen atoms in total. The van der Waals surface area contributed by atoms with E-state index >= 15 is 0 Å². The quantitative estimate of drug-likeness (QED) is 0.825. The summed E-state index contributed by atoms with van der Waals surface area (Å²) in [6.45, 7) is 3.28. The van der Waals surface area contributed by atoms with Crippen LogP contribution in [0, 0.1) is 0 Å². The minimum absolute atomic E-state index is 0. The molecule has 1 saturated heterocycles. The van der Waals surface area contributed by atoms with E-state index in [1.54, 1.807) is 14.2 Å². The molecule has 1 aliphatic rings. The van der Waals surface area contributed by atoms with Gasteiger partial charge in [0.2, 0.25) is 0 Å². The molecule has 1 atom stereocenters. The number of hydrogen-bond acceptors (Lipinski definition) is 5. The highest BCUT2D eigenvalue weighted by molar-refractivity contribution is 5.85. The third kappa shape index (κ3) is 4.78. The first kappa shape index (κ1) is 19.4. The Bertz CT molecular complexity index is 661. The first-order valence-corrected chi connectivity index (χ1v) is 8.18. The molecule has 0 spiro atoms. The second-order valence-electron chi connectivity index (χ2n) is 5.73. The van der Waals surface area contributed by atoms with Crippen molar-refractivity contribution in [2.24, 2.45) is 0 Å². The molecule has 2 N–H and O–H groups in total. The van der Waals surface area contributed by atoms with Crippen LogP contribution in [-0.2, 0) is 6.61 Å². The lowest BCUT2D eigenvalue weighted by Crippen LogP contribution is -2.42. The average Bonchev–Trinajstić information content (AvgIpc) is 2.67. The fraction of sp³-hybridized carbons (Fsp3) is 0.368. The Morgan fingerprint density at radius 1 is 0.960 bits per heavy atom. The van der Waals surface area contributed by atoms with E-state index in [4.69, 9.17) is 14.2 Å². The van der Waals surface area contributed by atoms with Crippen LogP contribution in [0.25, 0.3) is 0 Å². The molecule has 6 heteroatoms. The van der Waals surface area contributed by atoms with Crippen LogP contribution in [0.2, 0.25) is 0 Å². The third-order valence-electron chi connectivity index (χ3n) is 4.17. The molecular formula is C19H25ClN2O3. The van der Waals surface area contributed by atoms with E-state index in [0.29, 0.717) is 18.1 Å². The largest absolute Gasteiger partial charge is 0.493 e. The zero-order valence-corrected chi connectivity index (χ0v) is 15.4. The van der Waals surface area contributed by atoms with Gasteiger partial charge >= 0.3 is 0 Å². The molecule has 0 unspecified atom stereocenters. The summed E-state index contributed by atoms with van der Waals surface area (Å²) in [5.74, 6) is 2.21. The Kier molecular flexibility index (Phi) is 7.37. The summed E-state index contributed by atoms with van der Waals surface area (Å²) < 4.78 is 17.0. The summed E-state index contributed by atoms with van der Waals surface area (Å²) in [6, 6.07) is 14.2. The molecule has 0 aliphatic carbocycles. The molecule has 25 heavy (non-hydrogen) atoms. The van der Waals surface area contributed by atoms with Crippen LogP contribution in [0.3, 0.4) is 0 Å². The van der Waals surface area contributed by atoms with E-state index in [1.165, 1.54) is 0 Å². The Morgan fingerprint density at radius 2 is 1.68 bits per heavy atom. The number of methoxy groups -OCH3 is 2. The number of piperazine rings is 1. The summed E-state index contributed by atoms with van der Waals surface area (Å²) in [7, 11) is 3.29. The van der Waals surface area contributed by atoms with Gasteiger partial charge in [-0.15, -0.1) is 12.4 Å². The molecule has 2 aromatic carbocycles. The van der Waals surface area contributed by atoms with Crippen molar-refractivity contribution in [2.75, 3.05) is 33.9 Å². The Balaban J connectivity index is 0.00000225. The van der Waals surface area contributed by atoms with Gasteiger partial charge in [-0.25, -0.2) is 0 Å². The highest BCUT2D eigenvalue weighted by Crippen LogP contribution is 2.38. The zero-order valence-electron chi connectivity index (χ0n) is 14.6. The summed E-state index contributed by atoms with van der Waals surface area (Å²) in [4.78, 5) is 0. The lowest BCUT2D eigenvalue weighted by Gasteiger charge is -2.27. The summed E-state index contributed by atoms with van der Waals surface area (Å²) in [6.07, 6.45) is 0. The third-order valence-corrected chi connectivity index (χ3v) is 4.17. The Labute approximate surface area is 155 Å². The number of benzene rings is 2. The van der Waals surface area contributed by atoms with Crippen molar-refractivity contribution in [1.29, 1.82) is 0 Å². The van der Waals surface area contributed by atoms with Crippen LogP contribution in [0.15, 0.2) is 42.5 Å². The molecule has 136 valence electrons. The van der Waals surface area contributed by atoms with Crippen LogP contribution < -0.4 is 24.8 Å². The fourth-order valence-corrected chi connectivity index (χ4v) is 2.88. The van der Waals surface area contributed by atoms with E-state index in [0.717, 1.165) is 36.5 Å². The van der Waals surface area contributed by atoms with Crippen molar-refractivity contribution >= 4 is 12.4 Å². The SMILES string of the molecule is COc1cc(OCc2ccccc2)c([C@H]2CNCCN2)cc1OC.Cl. The monoisotopic (exact) mass is 364 g/mol. The van der Waals surface area contributed by atoms with Gasteiger partial charge in [0.25, 0.3) is 0 Å². The molecule has 3 rings (SSSR count). The van der Waals surface area contributed by atoms with Gasteiger partial charge in [0, 0.05) is 37.3 Å². The topological polar surface area (TPSA) is 51.8 Å². The van der Waals surface area contributed by atoms with E-state index in [1.807, 2.05) is 30.3 Å². The second-order valence-corrected chi connectivity index (χ2v) is 5.73. The van der Waals surface area contributed by atoms with Gasteiger partial charge in [0.1, 0.15) is 12.4 Å². The van der Waals surface area contributed by atoms with Crippen LogP contribution in [0.5, 0.6) is 17.2 Å². The van der Waals surface area contributed by atoms with Crippen LogP contribution >= 0.6 is 12.4 Å². The molecule has 0 bridgehead atoms. The summed E-state index contributed by atoms with van der Waals surface area (Å²) in [5.41, 5.74) is 2.21. The first-order valence-electron chi connectivity index (χ1n) is 8.18. The lowest BCUT2D eigenvalue weighted by molar-refractivity contribution is 0.290. The molecular weight excluding hydrogens is 340 g/mol. The molecule has 1 fully saturated rings. The molecule has 0 saturated carbocycles. The lowest BCUT2D eigenvalue weighted by atomic mass is 10.0. The van der Waals surface area contributed by atoms with E-state index < -0.39 is 0 Å². The van der Waals surface area contributed by atoms with Crippen molar-refractivity contribution in [2.45, 2.75) is 12.6 Å². The normalized spacial score (nSPS) is 16.6. The standard InChI is InChI=1S/C19H24N2O3.ClH/c1-22-18-10-15(16-12-20-8-9-21-16)17(11-19(18)23-2)24-13-14-6-4-3-5-7-14;/h3-7,10-11,16,20-21H,8-9,12-13H2,1-2H3;1H/t16-;/m1./s1. The Hall–Kier alpha value is -1.95. The number of ether oxygens (including phenoxy) is 3. The second kappa shape index (κ2) is 9.51. The smallest absolute Gasteiger partial charge is 0.164 e. The zero-order chi connectivity index (χ0) is 16.8. The highest BCUT2D eigenvalue weighted by Gasteiger charge is 2.21. The predicted molar refractivity (Wildman–Crippen MR) is 101 cm³/mol. The number of rotatable bonds is 6. The molecule has 0 radical (unpaired) electrons. The van der Waals surface area contributed by atoms with E-state index in [-0.39, 0.29) is 18.4 Å². The molecule has 0 aromatic heterocycles. The van der Waals surface area contributed by atoms with Gasteiger partial charge in [-0.05, 0) is 11.6 Å². The van der Waals surface area contributed by atoms with Gasteiger partial charge in [0.05, 0.1) is 14.2 Å². The van der Waals surface area contributed by atoms with Crippen LogP contribution in [0.1, 0.15) is 17.2 Å². The minimum atomic E-state index is 0. The average molecular weight is 365 g/mol. The maximum Gasteiger partial charge on any atom is 0.164 e. The van der Waals surface area contributed by atoms with Gasteiger partial charge in [-0.3, -0.25) is 0 Å². The highest BCUT2D eigenvalue weighted by atomic mass is 35.5. The van der Waals surface area contributed by atoms with Crippen molar-refractivity contribution in [1.82, 2.24) is 10.6 Å². The molecule has 1 aliphatic heterocycles. The minimum Gasteiger partial charge on any atom is -0.493 e. The summed E-state index contributed by atoms with van der Waals surface area (Å²) in [5, 5.41) is 6.93. The van der Waals surface area contributed by atoms with E-state index in [9.17, 15) is 0 Å². The van der Waals surface area contributed by atoms with Crippen molar-refractivity contribution in [3.63, 3.8) is 0 Å². The van der Waals surface area contributed by atoms with Gasteiger partial charge < -0.3 is 24.8 Å². The van der Waals surface area contributed by atoms with Gasteiger partial charge in [-0.2, -0.15) is 0 Å².